The van der Waals surface area contributed by atoms with Gasteiger partial charge in [0.25, 0.3) is 0 Å². The summed E-state index contributed by atoms with van der Waals surface area (Å²) in [5, 5.41) is 6.26. The molecular formula is C21H20N2O. The molecule has 3 aromatic carbocycles. The molecule has 3 rings (SSSR count). The van der Waals surface area contributed by atoms with Gasteiger partial charge in [-0.2, -0.15) is 0 Å². The Morgan fingerprint density at radius 3 is 1.92 bits per heavy atom. The molecule has 0 aliphatic rings. The lowest BCUT2D eigenvalue weighted by atomic mass is 10.1. The number of carbonyl (C=O) groups is 1. The van der Waals surface area contributed by atoms with Crippen molar-refractivity contribution in [2.75, 3.05) is 10.6 Å². The molecule has 3 aromatic rings. The Hall–Kier alpha value is -3.07. The summed E-state index contributed by atoms with van der Waals surface area (Å²) in [5.74, 6) is -0.0135. The Morgan fingerprint density at radius 2 is 1.29 bits per heavy atom. The van der Waals surface area contributed by atoms with E-state index in [0.29, 0.717) is 6.42 Å². The molecule has 24 heavy (non-hydrogen) atoms. The summed E-state index contributed by atoms with van der Waals surface area (Å²) in [7, 11) is 0. The quantitative estimate of drug-likeness (QED) is 0.701. The molecule has 120 valence electrons. The van der Waals surface area contributed by atoms with Gasteiger partial charge >= 0.3 is 0 Å². The van der Waals surface area contributed by atoms with E-state index in [9.17, 15) is 4.79 Å². The van der Waals surface area contributed by atoms with Crippen LogP contribution in [0.5, 0.6) is 0 Å². The van der Waals surface area contributed by atoms with Gasteiger partial charge in [-0.25, -0.2) is 0 Å². The topological polar surface area (TPSA) is 41.1 Å². The van der Waals surface area contributed by atoms with E-state index in [1.54, 1.807) is 0 Å². The molecule has 0 saturated heterocycles. The SMILES string of the molecule is Cc1ccc(Nc2ccc(NC(=O)Cc3ccccc3)cc2)cc1. The number of anilines is 3. The van der Waals surface area contributed by atoms with E-state index in [2.05, 4.69) is 29.7 Å². The molecule has 0 aliphatic carbocycles. The molecule has 0 bridgehead atoms. The number of hydrogen-bond acceptors (Lipinski definition) is 2. The number of aryl methyl sites for hydroxylation is 1. The lowest BCUT2D eigenvalue weighted by molar-refractivity contribution is -0.115. The predicted octanol–water partition coefficient (Wildman–Crippen LogP) is 4.92. The van der Waals surface area contributed by atoms with Crippen molar-refractivity contribution in [3.8, 4) is 0 Å². The zero-order valence-electron chi connectivity index (χ0n) is 13.6. The Bertz CT molecular complexity index is 794. The molecule has 1 amide bonds. The molecular weight excluding hydrogens is 296 g/mol. The average molecular weight is 316 g/mol. The highest BCUT2D eigenvalue weighted by molar-refractivity contribution is 5.92. The summed E-state index contributed by atoms with van der Waals surface area (Å²) in [4.78, 5) is 12.1. The van der Waals surface area contributed by atoms with Gasteiger partial charge in [0.05, 0.1) is 6.42 Å². The van der Waals surface area contributed by atoms with Crippen LogP contribution in [-0.4, -0.2) is 5.91 Å². The first-order valence-electron chi connectivity index (χ1n) is 7.96. The van der Waals surface area contributed by atoms with E-state index >= 15 is 0 Å². The minimum absolute atomic E-state index is 0.0135. The Balaban J connectivity index is 1.58. The van der Waals surface area contributed by atoms with Crippen molar-refractivity contribution in [3.05, 3.63) is 90.0 Å². The normalized spacial score (nSPS) is 10.2. The first-order valence-corrected chi connectivity index (χ1v) is 7.96. The molecule has 0 atom stereocenters. The minimum Gasteiger partial charge on any atom is -0.356 e. The highest BCUT2D eigenvalue weighted by Crippen LogP contribution is 2.19. The van der Waals surface area contributed by atoms with Crippen molar-refractivity contribution >= 4 is 23.0 Å². The zero-order chi connectivity index (χ0) is 16.8. The fourth-order valence-electron chi connectivity index (χ4n) is 2.43. The number of nitrogens with one attached hydrogen (secondary N) is 2. The maximum absolute atomic E-state index is 12.1. The maximum Gasteiger partial charge on any atom is 0.228 e. The third-order valence-electron chi connectivity index (χ3n) is 3.72. The second kappa shape index (κ2) is 7.47. The second-order valence-electron chi connectivity index (χ2n) is 5.78. The summed E-state index contributed by atoms with van der Waals surface area (Å²) in [6, 6.07) is 25.7. The standard InChI is InChI=1S/C21H20N2O/c1-16-7-9-18(10-8-16)22-19-11-13-20(14-12-19)23-21(24)15-17-5-3-2-4-6-17/h2-14,22H,15H2,1H3,(H,23,24). The Morgan fingerprint density at radius 1 is 0.750 bits per heavy atom. The smallest absolute Gasteiger partial charge is 0.228 e. The predicted molar refractivity (Wildman–Crippen MR) is 99.7 cm³/mol. The molecule has 2 N–H and O–H groups in total. The van der Waals surface area contributed by atoms with Crippen molar-refractivity contribution in [3.63, 3.8) is 0 Å². The van der Waals surface area contributed by atoms with E-state index in [4.69, 9.17) is 0 Å². The van der Waals surface area contributed by atoms with Crippen LogP contribution in [-0.2, 0) is 11.2 Å². The first-order chi connectivity index (χ1) is 11.7. The Kier molecular flexibility index (Phi) is 4.92. The lowest BCUT2D eigenvalue weighted by Crippen LogP contribution is -2.14. The molecule has 0 fully saturated rings. The minimum atomic E-state index is -0.0135. The lowest BCUT2D eigenvalue weighted by Gasteiger charge is -2.09. The van der Waals surface area contributed by atoms with Crippen molar-refractivity contribution < 1.29 is 4.79 Å². The fourth-order valence-corrected chi connectivity index (χ4v) is 2.43. The van der Waals surface area contributed by atoms with E-state index in [-0.39, 0.29) is 5.91 Å². The third kappa shape index (κ3) is 4.46. The largest absolute Gasteiger partial charge is 0.356 e. The molecule has 3 nitrogen and oxygen atoms in total. The monoisotopic (exact) mass is 316 g/mol. The summed E-state index contributed by atoms with van der Waals surface area (Å²) in [6.45, 7) is 2.07. The van der Waals surface area contributed by atoms with Crippen LogP contribution in [0.1, 0.15) is 11.1 Å². The van der Waals surface area contributed by atoms with Crippen LogP contribution < -0.4 is 10.6 Å². The van der Waals surface area contributed by atoms with Crippen LogP contribution in [0.2, 0.25) is 0 Å². The number of amides is 1. The van der Waals surface area contributed by atoms with Gasteiger partial charge in [-0.3, -0.25) is 4.79 Å². The van der Waals surface area contributed by atoms with Gasteiger partial charge < -0.3 is 10.6 Å². The van der Waals surface area contributed by atoms with Gasteiger partial charge in [-0.1, -0.05) is 48.0 Å². The van der Waals surface area contributed by atoms with Gasteiger partial charge in [-0.05, 0) is 48.9 Å². The molecule has 3 heteroatoms. The molecule has 0 unspecified atom stereocenters. The van der Waals surface area contributed by atoms with Gasteiger partial charge in [-0.15, -0.1) is 0 Å². The number of benzene rings is 3. The molecule has 0 radical (unpaired) electrons. The van der Waals surface area contributed by atoms with Crippen LogP contribution in [0.3, 0.4) is 0 Å². The highest BCUT2D eigenvalue weighted by Gasteiger charge is 2.04. The average Bonchev–Trinajstić information content (AvgIpc) is 2.59. The molecule has 0 saturated carbocycles. The van der Waals surface area contributed by atoms with Crippen molar-refractivity contribution in [2.24, 2.45) is 0 Å². The highest BCUT2D eigenvalue weighted by atomic mass is 16.1. The van der Waals surface area contributed by atoms with Gasteiger partial charge in [0.2, 0.25) is 5.91 Å². The molecule has 0 aromatic heterocycles. The fraction of sp³-hybridized carbons (Fsp3) is 0.0952. The van der Waals surface area contributed by atoms with E-state index in [0.717, 1.165) is 22.6 Å². The molecule has 0 heterocycles. The second-order valence-corrected chi connectivity index (χ2v) is 5.78. The van der Waals surface area contributed by atoms with Crippen LogP contribution >= 0.6 is 0 Å². The summed E-state index contributed by atoms with van der Waals surface area (Å²) in [6.07, 6.45) is 0.379. The van der Waals surface area contributed by atoms with Crippen LogP contribution in [0, 0.1) is 6.92 Å². The number of hydrogen-bond donors (Lipinski definition) is 2. The summed E-state index contributed by atoms with van der Waals surface area (Å²) >= 11 is 0. The van der Waals surface area contributed by atoms with Gasteiger partial charge in [0, 0.05) is 17.1 Å². The summed E-state index contributed by atoms with van der Waals surface area (Å²) in [5.41, 5.74) is 5.07. The van der Waals surface area contributed by atoms with Crippen LogP contribution in [0.25, 0.3) is 0 Å². The van der Waals surface area contributed by atoms with Gasteiger partial charge in [0.1, 0.15) is 0 Å². The summed E-state index contributed by atoms with van der Waals surface area (Å²) < 4.78 is 0. The maximum atomic E-state index is 12.1. The number of rotatable bonds is 5. The van der Waals surface area contributed by atoms with Crippen molar-refractivity contribution in [1.82, 2.24) is 0 Å². The molecule has 0 aliphatic heterocycles. The van der Waals surface area contributed by atoms with E-state index < -0.39 is 0 Å². The molecule has 0 spiro atoms. The van der Waals surface area contributed by atoms with E-state index in [1.807, 2.05) is 66.7 Å². The third-order valence-corrected chi connectivity index (χ3v) is 3.72. The first kappa shape index (κ1) is 15.8. The number of carbonyl (C=O) groups excluding carboxylic acids is 1. The van der Waals surface area contributed by atoms with E-state index in [1.165, 1.54) is 5.56 Å². The Labute approximate surface area is 142 Å². The van der Waals surface area contributed by atoms with Crippen molar-refractivity contribution in [2.45, 2.75) is 13.3 Å². The van der Waals surface area contributed by atoms with Crippen molar-refractivity contribution in [1.29, 1.82) is 0 Å². The van der Waals surface area contributed by atoms with Crippen LogP contribution in [0.4, 0.5) is 17.1 Å². The zero-order valence-corrected chi connectivity index (χ0v) is 13.6. The van der Waals surface area contributed by atoms with Gasteiger partial charge in [0.15, 0.2) is 0 Å². The van der Waals surface area contributed by atoms with Crippen LogP contribution in [0.15, 0.2) is 78.9 Å².